The van der Waals surface area contributed by atoms with Crippen molar-refractivity contribution in [2.75, 3.05) is 0 Å². The second kappa shape index (κ2) is 4.19. The van der Waals surface area contributed by atoms with Gasteiger partial charge in [-0.25, -0.2) is 10.0 Å². The fourth-order valence-corrected chi connectivity index (χ4v) is 5.20. The predicted molar refractivity (Wildman–Crippen MR) is 80.2 cm³/mol. The van der Waals surface area contributed by atoms with Crippen LogP contribution in [-0.4, -0.2) is 34.2 Å². The Balaban J connectivity index is 1.54. The summed E-state index contributed by atoms with van der Waals surface area (Å²) in [6, 6.07) is 14.1. The summed E-state index contributed by atoms with van der Waals surface area (Å²) in [5.74, 6) is 0.749. The highest BCUT2D eigenvalue weighted by Crippen LogP contribution is 2.49. The average Bonchev–Trinajstić information content (AvgIpc) is 2.57. The molecule has 104 valence electrons. The molecule has 2 heteroatoms. The van der Waals surface area contributed by atoms with Crippen molar-refractivity contribution in [1.82, 2.24) is 10.0 Å². The minimum Gasteiger partial charge on any atom is -0.231 e. The standard InChI is InChI=1S/C18H22N2/c1-2-4-13(5-3-1)17-12-16-10-11-18(17)20-15-8-6-14(7-9-15)19(16)20/h1-6,8,14-18H,7,9-12H2/t14-,15+,16+,17-,18-/m0/s1. The smallest absolute Gasteiger partial charge is 0.0430 e. The van der Waals surface area contributed by atoms with Crippen LogP contribution in [0.2, 0.25) is 0 Å². The molecule has 7 atom stereocenters. The quantitative estimate of drug-likeness (QED) is 0.719. The van der Waals surface area contributed by atoms with Gasteiger partial charge in [0.2, 0.25) is 0 Å². The zero-order valence-electron chi connectivity index (χ0n) is 11.9. The summed E-state index contributed by atoms with van der Waals surface area (Å²) in [4.78, 5) is 0. The van der Waals surface area contributed by atoms with E-state index in [1.54, 1.807) is 5.56 Å². The van der Waals surface area contributed by atoms with Gasteiger partial charge in [-0.15, -0.1) is 0 Å². The summed E-state index contributed by atoms with van der Waals surface area (Å²) in [5, 5.41) is 5.55. The molecule has 0 aromatic heterocycles. The number of hydrogen-bond acceptors (Lipinski definition) is 2. The van der Waals surface area contributed by atoms with Crippen molar-refractivity contribution < 1.29 is 0 Å². The van der Waals surface area contributed by atoms with Crippen molar-refractivity contribution in [2.45, 2.75) is 62.2 Å². The Bertz CT molecular complexity index is 538. The molecule has 2 unspecified atom stereocenters. The van der Waals surface area contributed by atoms with Gasteiger partial charge < -0.3 is 0 Å². The zero-order valence-corrected chi connectivity index (χ0v) is 11.9. The predicted octanol–water partition coefficient (Wildman–Crippen LogP) is 3.32. The van der Waals surface area contributed by atoms with E-state index in [-0.39, 0.29) is 0 Å². The average molecular weight is 266 g/mol. The Kier molecular flexibility index (Phi) is 2.41. The molecule has 20 heavy (non-hydrogen) atoms. The molecular weight excluding hydrogens is 244 g/mol. The minimum absolute atomic E-state index is 0.680. The molecule has 0 amide bonds. The fourth-order valence-electron chi connectivity index (χ4n) is 5.20. The highest BCUT2D eigenvalue weighted by Gasteiger charge is 2.52. The number of fused-ring (bicyclic) bond motifs is 3. The van der Waals surface area contributed by atoms with Crippen LogP contribution in [-0.2, 0) is 0 Å². The molecule has 2 nitrogen and oxygen atoms in total. The van der Waals surface area contributed by atoms with Crippen molar-refractivity contribution >= 4 is 0 Å². The van der Waals surface area contributed by atoms with Crippen molar-refractivity contribution in [3.05, 3.63) is 48.0 Å². The van der Waals surface area contributed by atoms with Crippen LogP contribution >= 0.6 is 0 Å². The lowest BCUT2D eigenvalue weighted by molar-refractivity contribution is -0.220. The third-order valence-corrected chi connectivity index (χ3v) is 5.99. The molecule has 7 rings (SSSR count). The van der Waals surface area contributed by atoms with Gasteiger partial charge in [0, 0.05) is 30.1 Å². The van der Waals surface area contributed by atoms with E-state index >= 15 is 0 Å². The Morgan fingerprint density at radius 1 is 0.800 bits per heavy atom. The van der Waals surface area contributed by atoms with E-state index in [1.165, 1.54) is 32.1 Å². The first-order valence-electron chi connectivity index (χ1n) is 8.21. The van der Waals surface area contributed by atoms with Crippen LogP contribution in [0.5, 0.6) is 0 Å². The van der Waals surface area contributed by atoms with E-state index in [0.717, 1.165) is 18.0 Å². The molecular formula is C18H22N2. The number of rotatable bonds is 1. The maximum atomic E-state index is 2.78. The van der Waals surface area contributed by atoms with Gasteiger partial charge in [0.25, 0.3) is 0 Å². The van der Waals surface area contributed by atoms with E-state index in [1.807, 2.05) is 0 Å². The first-order chi connectivity index (χ1) is 9.92. The molecule has 0 N–H and O–H groups in total. The van der Waals surface area contributed by atoms with E-state index < -0.39 is 0 Å². The van der Waals surface area contributed by atoms with Crippen molar-refractivity contribution in [2.24, 2.45) is 0 Å². The molecule has 1 saturated carbocycles. The van der Waals surface area contributed by atoms with Gasteiger partial charge in [-0.2, -0.15) is 0 Å². The fraction of sp³-hybridized carbons (Fsp3) is 0.556. The van der Waals surface area contributed by atoms with Gasteiger partial charge in [0.05, 0.1) is 0 Å². The largest absolute Gasteiger partial charge is 0.231 e. The topological polar surface area (TPSA) is 6.48 Å². The van der Waals surface area contributed by atoms with Crippen LogP contribution in [0.4, 0.5) is 0 Å². The third-order valence-electron chi connectivity index (χ3n) is 5.99. The SMILES string of the molecule is C1=C[C@H]2CC[C@@H]1N1[C@H]3CC[C@H](C[C@H]3c3ccccc3)N21. The van der Waals surface area contributed by atoms with Crippen LogP contribution in [0.25, 0.3) is 0 Å². The highest BCUT2D eigenvalue weighted by molar-refractivity contribution is 5.26. The molecule has 3 saturated heterocycles. The first kappa shape index (κ1) is 11.5. The number of nitrogens with zero attached hydrogens (tertiary/aromatic N) is 2. The van der Waals surface area contributed by atoms with Gasteiger partial charge in [-0.3, -0.25) is 0 Å². The van der Waals surface area contributed by atoms with Crippen LogP contribution < -0.4 is 0 Å². The number of benzene rings is 1. The Hall–Kier alpha value is -1.12. The Labute approximate surface area is 121 Å². The molecule has 6 aliphatic rings. The van der Waals surface area contributed by atoms with Crippen LogP contribution in [0, 0.1) is 0 Å². The summed E-state index contributed by atoms with van der Waals surface area (Å²) in [5.41, 5.74) is 1.56. The highest BCUT2D eigenvalue weighted by atomic mass is 15.7. The summed E-state index contributed by atoms with van der Waals surface area (Å²) in [6.07, 6.45) is 11.8. The number of hydrogen-bond donors (Lipinski definition) is 0. The monoisotopic (exact) mass is 266 g/mol. The van der Waals surface area contributed by atoms with Crippen LogP contribution in [0.1, 0.15) is 43.6 Å². The zero-order chi connectivity index (χ0) is 13.1. The van der Waals surface area contributed by atoms with E-state index in [2.05, 4.69) is 52.5 Å². The molecule has 4 fully saturated rings. The molecule has 4 aliphatic heterocycles. The Morgan fingerprint density at radius 2 is 1.55 bits per heavy atom. The van der Waals surface area contributed by atoms with Gasteiger partial charge in [0.15, 0.2) is 0 Å². The lowest BCUT2D eigenvalue weighted by Crippen LogP contribution is -2.72. The van der Waals surface area contributed by atoms with Gasteiger partial charge in [-0.05, 0) is 37.7 Å². The van der Waals surface area contributed by atoms with Crippen molar-refractivity contribution in [3.8, 4) is 0 Å². The normalized spacial score (nSPS) is 48.3. The van der Waals surface area contributed by atoms with E-state index in [9.17, 15) is 0 Å². The molecule has 1 aromatic carbocycles. The molecule has 2 aliphatic carbocycles. The van der Waals surface area contributed by atoms with Gasteiger partial charge >= 0.3 is 0 Å². The summed E-state index contributed by atoms with van der Waals surface area (Å²) < 4.78 is 0. The molecule has 0 spiro atoms. The van der Waals surface area contributed by atoms with Crippen molar-refractivity contribution in [3.63, 3.8) is 0 Å². The minimum atomic E-state index is 0.680. The second-order valence-corrected chi connectivity index (χ2v) is 6.91. The maximum Gasteiger partial charge on any atom is 0.0430 e. The molecule has 4 bridgehead atoms. The van der Waals surface area contributed by atoms with E-state index in [4.69, 9.17) is 0 Å². The molecule has 1 aromatic rings. The maximum absolute atomic E-state index is 2.78. The lowest BCUT2D eigenvalue weighted by Gasteiger charge is -2.64. The molecule has 4 heterocycles. The van der Waals surface area contributed by atoms with Gasteiger partial charge in [0.1, 0.15) is 0 Å². The van der Waals surface area contributed by atoms with Crippen molar-refractivity contribution in [1.29, 1.82) is 0 Å². The summed E-state index contributed by atoms with van der Waals surface area (Å²) >= 11 is 0. The van der Waals surface area contributed by atoms with Crippen LogP contribution in [0.15, 0.2) is 42.5 Å². The van der Waals surface area contributed by atoms with Gasteiger partial charge in [-0.1, -0.05) is 42.5 Å². The summed E-state index contributed by atoms with van der Waals surface area (Å²) in [7, 11) is 0. The van der Waals surface area contributed by atoms with Crippen LogP contribution in [0.3, 0.4) is 0 Å². The Morgan fingerprint density at radius 3 is 2.30 bits per heavy atom. The number of hydrazine groups is 1. The second-order valence-electron chi connectivity index (χ2n) is 6.91. The van der Waals surface area contributed by atoms with E-state index in [0.29, 0.717) is 12.1 Å². The first-order valence-corrected chi connectivity index (χ1v) is 8.21. The molecule has 0 radical (unpaired) electrons. The summed E-state index contributed by atoms with van der Waals surface area (Å²) in [6.45, 7) is 0. The third kappa shape index (κ3) is 1.47. The lowest BCUT2D eigenvalue weighted by atomic mass is 9.72.